The van der Waals surface area contributed by atoms with Crippen LogP contribution in [-0.2, 0) is 23.0 Å². The highest BCUT2D eigenvalue weighted by molar-refractivity contribution is 7.87. The van der Waals surface area contributed by atoms with Gasteiger partial charge in [-0.1, -0.05) is 36.8 Å². The summed E-state index contributed by atoms with van der Waals surface area (Å²) in [5.41, 5.74) is 5.42. The lowest BCUT2D eigenvalue weighted by molar-refractivity contribution is 0.0834. The van der Waals surface area contributed by atoms with Crippen LogP contribution in [0.15, 0.2) is 59.5 Å². The third-order valence-electron chi connectivity index (χ3n) is 6.62. The Balaban J connectivity index is 1.53. The van der Waals surface area contributed by atoms with Crippen molar-refractivity contribution in [3.8, 4) is 17.2 Å². The topological polar surface area (TPSA) is 61.8 Å². The molecule has 0 unspecified atom stereocenters. The van der Waals surface area contributed by atoms with Gasteiger partial charge in [0.1, 0.15) is 28.6 Å². The van der Waals surface area contributed by atoms with Crippen molar-refractivity contribution >= 4 is 21.8 Å². The normalized spacial score (nSPS) is 16.3. The van der Waals surface area contributed by atoms with Crippen LogP contribution in [0.1, 0.15) is 55.0 Å². The fraction of sp³-hybridized carbons (Fsp3) is 0.310. The molecule has 182 valence electrons. The lowest BCUT2D eigenvalue weighted by Crippen LogP contribution is -2.33. The fourth-order valence-electron chi connectivity index (χ4n) is 4.55. The molecule has 0 bridgehead atoms. The van der Waals surface area contributed by atoms with Gasteiger partial charge in [0.25, 0.3) is 0 Å². The number of hydrogen-bond acceptors (Lipinski definition) is 5. The monoisotopic (exact) mass is 490 g/mol. The van der Waals surface area contributed by atoms with Crippen LogP contribution in [0.4, 0.5) is 0 Å². The van der Waals surface area contributed by atoms with E-state index in [9.17, 15) is 8.42 Å². The predicted molar refractivity (Wildman–Crippen MR) is 138 cm³/mol. The van der Waals surface area contributed by atoms with Crippen LogP contribution in [0.2, 0.25) is 0 Å². The Morgan fingerprint density at radius 3 is 2.54 bits per heavy atom. The van der Waals surface area contributed by atoms with E-state index >= 15 is 0 Å². The van der Waals surface area contributed by atoms with Gasteiger partial charge in [0.2, 0.25) is 0 Å². The highest BCUT2D eigenvalue weighted by Gasteiger charge is 2.31. The SMILES string of the molecule is CCc1ccc(C2=Cc3ccc4c(c3OC2)CCC(C)(C)O4)c(OS(=O)(=O)c2ccc(C)cc2)c1. The van der Waals surface area contributed by atoms with E-state index in [-0.39, 0.29) is 10.5 Å². The molecule has 0 atom stereocenters. The van der Waals surface area contributed by atoms with Gasteiger partial charge in [-0.25, -0.2) is 0 Å². The molecule has 3 aromatic carbocycles. The van der Waals surface area contributed by atoms with Crippen LogP contribution in [0.5, 0.6) is 17.2 Å². The Kier molecular flexibility index (Phi) is 5.88. The molecule has 0 spiro atoms. The second kappa shape index (κ2) is 8.76. The smallest absolute Gasteiger partial charge is 0.339 e. The first kappa shape index (κ1) is 23.5. The summed E-state index contributed by atoms with van der Waals surface area (Å²) in [6.07, 6.45) is 4.64. The lowest BCUT2D eigenvalue weighted by Gasteiger charge is -2.34. The Hall–Kier alpha value is -3.25. The van der Waals surface area contributed by atoms with Crippen molar-refractivity contribution in [1.82, 2.24) is 0 Å². The van der Waals surface area contributed by atoms with Gasteiger partial charge in [-0.05, 0) is 82.0 Å². The molecule has 2 aliphatic heterocycles. The number of fused-ring (bicyclic) bond motifs is 3. The van der Waals surface area contributed by atoms with Crippen molar-refractivity contribution in [2.75, 3.05) is 6.61 Å². The van der Waals surface area contributed by atoms with Crippen molar-refractivity contribution < 1.29 is 22.1 Å². The molecule has 0 amide bonds. The van der Waals surface area contributed by atoms with E-state index in [0.717, 1.165) is 58.6 Å². The molecular weight excluding hydrogens is 460 g/mol. The number of ether oxygens (including phenoxy) is 2. The van der Waals surface area contributed by atoms with E-state index in [1.807, 2.05) is 38.1 Å². The third kappa shape index (κ3) is 4.67. The average molecular weight is 491 g/mol. The van der Waals surface area contributed by atoms with Crippen LogP contribution in [0, 0.1) is 6.92 Å². The summed E-state index contributed by atoms with van der Waals surface area (Å²) in [6, 6.07) is 16.4. The zero-order chi connectivity index (χ0) is 24.8. The van der Waals surface area contributed by atoms with Crippen molar-refractivity contribution in [2.45, 2.75) is 57.5 Å². The molecule has 0 fully saturated rings. The van der Waals surface area contributed by atoms with E-state index < -0.39 is 10.1 Å². The Labute approximate surface area is 207 Å². The maximum atomic E-state index is 13.1. The van der Waals surface area contributed by atoms with E-state index in [1.54, 1.807) is 30.3 Å². The minimum absolute atomic E-state index is 0.129. The van der Waals surface area contributed by atoms with Crippen molar-refractivity contribution in [3.63, 3.8) is 0 Å². The largest absolute Gasteiger partial charge is 0.488 e. The number of hydrogen-bond donors (Lipinski definition) is 0. The van der Waals surface area contributed by atoms with E-state index in [0.29, 0.717) is 17.9 Å². The Morgan fingerprint density at radius 2 is 1.80 bits per heavy atom. The van der Waals surface area contributed by atoms with Crippen molar-refractivity contribution in [3.05, 3.63) is 82.4 Å². The summed E-state index contributed by atoms with van der Waals surface area (Å²) in [6.45, 7) is 8.46. The number of benzene rings is 3. The molecule has 3 aromatic rings. The van der Waals surface area contributed by atoms with E-state index in [4.69, 9.17) is 13.7 Å². The van der Waals surface area contributed by atoms with Crippen LogP contribution in [0.25, 0.3) is 11.6 Å². The van der Waals surface area contributed by atoms with Crippen LogP contribution in [-0.4, -0.2) is 20.6 Å². The molecule has 0 aromatic heterocycles. The van der Waals surface area contributed by atoms with Crippen molar-refractivity contribution in [2.24, 2.45) is 0 Å². The minimum Gasteiger partial charge on any atom is -0.488 e. The summed E-state index contributed by atoms with van der Waals surface area (Å²) >= 11 is 0. The Morgan fingerprint density at radius 1 is 1.03 bits per heavy atom. The maximum absolute atomic E-state index is 13.1. The first-order chi connectivity index (χ1) is 16.6. The van der Waals surface area contributed by atoms with Crippen LogP contribution in [0.3, 0.4) is 0 Å². The van der Waals surface area contributed by atoms with Crippen molar-refractivity contribution in [1.29, 1.82) is 0 Å². The van der Waals surface area contributed by atoms with Gasteiger partial charge < -0.3 is 13.7 Å². The number of rotatable bonds is 5. The van der Waals surface area contributed by atoms with Gasteiger partial charge in [-0.3, -0.25) is 0 Å². The van der Waals surface area contributed by atoms with Crippen LogP contribution < -0.4 is 13.7 Å². The molecule has 0 saturated heterocycles. The highest BCUT2D eigenvalue weighted by Crippen LogP contribution is 2.44. The summed E-state index contributed by atoms with van der Waals surface area (Å²) in [4.78, 5) is 0.129. The van der Waals surface area contributed by atoms with E-state index in [1.165, 1.54) is 0 Å². The highest BCUT2D eigenvalue weighted by atomic mass is 32.2. The predicted octanol–water partition coefficient (Wildman–Crippen LogP) is 6.36. The summed E-state index contributed by atoms with van der Waals surface area (Å²) < 4.78 is 44.3. The van der Waals surface area contributed by atoms with Gasteiger partial charge in [-0.2, -0.15) is 8.42 Å². The quantitative estimate of drug-likeness (QED) is 0.389. The first-order valence-corrected chi connectivity index (χ1v) is 13.4. The Bertz CT molecular complexity index is 1420. The molecule has 0 N–H and O–H groups in total. The third-order valence-corrected chi connectivity index (χ3v) is 7.87. The first-order valence-electron chi connectivity index (χ1n) is 12.0. The standard InChI is InChI=1S/C29H30O5S/c1-5-20-8-12-24(27(16-20)34-35(30,31)23-10-6-19(2)7-11-23)22-17-21-9-13-26-25(28(21)32-18-22)14-15-29(3,4)33-26/h6-13,16-17H,5,14-15,18H2,1-4H3. The molecule has 6 heteroatoms. The molecule has 0 aliphatic carbocycles. The second-order valence-corrected chi connectivity index (χ2v) is 11.4. The zero-order valence-electron chi connectivity index (χ0n) is 20.6. The summed E-state index contributed by atoms with van der Waals surface area (Å²) in [7, 11) is -3.98. The second-order valence-electron chi connectivity index (χ2n) is 9.82. The lowest BCUT2D eigenvalue weighted by atomic mass is 9.91. The molecule has 0 radical (unpaired) electrons. The average Bonchev–Trinajstić information content (AvgIpc) is 2.83. The summed E-state index contributed by atoms with van der Waals surface area (Å²) in [5.74, 6) is 2.03. The molecule has 35 heavy (non-hydrogen) atoms. The van der Waals surface area contributed by atoms with Gasteiger partial charge in [0.15, 0.2) is 5.75 Å². The van der Waals surface area contributed by atoms with Gasteiger partial charge in [0.05, 0.1) is 0 Å². The fourth-order valence-corrected chi connectivity index (χ4v) is 5.49. The van der Waals surface area contributed by atoms with Gasteiger partial charge in [-0.15, -0.1) is 0 Å². The van der Waals surface area contributed by atoms with E-state index in [2.05, 4.69) is 19.9 Å². The zero-order valence-corrected chi connectivity index (χ0v) is 21.4. The number of aryl methyl sites for hydroxylation is 2. The maximum Gasteiger partial charge on any atom is 0.339 e. The molecule has 0 saturated carbocycles. The van der Waals surface area contributed by atoms with Crippen LogP contribution >= 0.6 is 0 Å². The van der Waals surface area contributed by atoms with Gasteiger partial charge >= 0.3 is 10.1 Å². The van der Waals surface area contributed by atoms with Gasteiger partial charge in [0, 0.05) is 22.3 Å². The molecule has 2 aliphatic rings. The molecule has 5 nitrogen and oxygen atoms in total. The molecular formula is C29H30O5S. The molecule has 5 rings (SSSR count). The molecule has 2 heterocycles. The minimum atomic E-state index is -3.98. The summed E-state index contributed by atoms with van der Waals surface area (Å²) in [5, 5.41) is 0.